The SMILES string of the molecule is Cl.Cl.[2H]C([2H])([2H])C([2H])(NCC(O)c1ccc(N)nc1)C([2H])([2H])Cc1ccccc1. The Labute approximate surface area is 158 Å². The van der Waals surface area contributed by atoms with E-state index in [-0.39, 0.29) is 43.6 Å². The average Bonchev–Trinajstić information content (AvgIpc) is 2.59. The first kappa shape index (κ1) is 13.0. The number of aliphatic hydroxyl groups is 1. The predicted octanol–water partition coefficient (Wildman–Crippen LogP) is 3.15. The van der Waals surface area contributed by atoms with Gasteiger partial charge in [-0.25, -0.2) is 4.98 Å². The van der Waals surface area contributed by atoms with Gasteiger partial charge in [0.05, 0.1) is 6.10 Å². The minimum Gasteiger partial charge on any atom is -0.387 e. The molecule has 0 radical (unpaired) electrons. The number of anilines is 1. The zero-order valence-corrected chi connectivity index (χ0v) is 14.0. The lowest BCUT2D eigenvalue weighted by Gasteiger charge is -2.17. The predicted molar refractivity (Wildman–Crippen MR) is 100 cm³/mol. The highest BCUT2D eigenvalue weighted by atomic mass is 35.5. The van der Waals surface area contributed by atoms with E-state index in [1.165, 1.54) is 18.3 Å². The zero-order valence-electron chi connectivity index (χ0n) is 18.4. The Balaban J connectivity index is 0.00000392. The van der Waals surface area contributed by atoms with E-state index in [9.17, 15) is 5.11 Å². The van der Waals surface area contributed by atoms with Gasteiger partial charge in [-0.2, -0.15) is 0 Å². The molecule has 1 aromatic carbocycles. The summed E-state index contributed by atoms with van der Waals surface area (Å²) < 4.78 is 48.2. The molecule has 23 heavy (non-hydrogen) atoms. The molecule has 6 heteroatoms. The van der Waals surface area contributed by atoms with Crippen molar-refractivity contribution in [3.8, 4) is 0 Å². The van der Waals surface area contributed by atoms with Gasteiger partial charge in [0.15, 0.2) is 0 Å². The van der Waals surface area contributed by atoms with Gasteiger partial charge in [0.1, 0.15) is 5.82 Å². The number of hydrogen-bond acceptors (Lipinski definition) is 4. The van der Waals surface area contributed by atoms with Crippen molar-refractivity contribution < 1.29 is 13.3 Å². The first-order valence-corrected chi connectivity index (χ1v) is 6.65. The second kappa shape index (κ2) is 11.2. The highest BCUT2D eigenvalue weighted by Crippen LogP contribution is 2.12. The van der Waals surface area contributed by atoms with Crippen LogP contribution in [0, 0.1) is 0 Å². The van der Waals surface area contributed by atoms with Crippen LogP contribution in [0.2, 0.25) is 0 Å². The lowest BCUT2D eigenvalue weighted by Crippen LogP contribution is -2.30. The quantitative estimate of drug-likeness (QED) is 0.706. The summed E-state index contributed by atoms with van der Waals surface area (Å²) >= 11 is 0. The first-order chi connectivity index (χ1) is 12.5. The van der Waals surface area contributed by atoms with Crippen molar-refractivity contribution in [3.05, 3.63) is 59.8 Å². The zero-order chi connectivity index (χ0) is 20.3. The van der Waals surface area contributed by atoms with E-state index >= 15 is 0 Å². The number of aliphatic hydroxyl groups excluding tert-OH is 1. The smallest absolute Gasteiger partial charge is 0.123 e. The van der Waals surface area contributed by atoms with Gasteiger partial charge in [0.2, 0.25) is 0 Å². The molecule has 4 nitrogen and oxygen atoms in total. The molecule has 0 saturated heterocycles. The molecule has 2 rings (SSSR count). The molecule has 0 aliphatic heterocycles. The molecule has 0 aliphatic carbocycles. The number of rotatable bonds is 7. The van der Waals surface area contributed by atoms with E-state index < -0.39 is 25.3 Å². The summed E-state index contributed by atoms with van der Waals surface area (Å²) in [7, 11) is 0. The maximum Gasteiger partial charge on any atom is 0.123 e. The number of hydrogen-bond donors (Lipinski definition) is 3. The van der Waals surface area contributed by atoms with Gasteiger partial charge in [-0.05, 0) is 31.3 Å². The van der Waals surface area contributed by atoms with Gasteiger partial charge >= 0.3 is 0 Å². The second-order valence-electron chi connectivity index (χ2n) is 4.63. The minimum absolute atomic E-state index is 0. The topological polar surface area (TPSA) is 71.2 Å². The standard InChI is InChI=1S/C17H23N3O.2ClH/c1-13(7-8-14-5-3-2-4-6-14)19-12-16(21)15-9-10-17(18)20-11-15;;/h2-6,9-11,13,16,19,21H,7-8,12H2,1H3,(H2,18,20);2*1H/i1D3,7D2,13D;;. The van der Waals surface area contributed by atoms with Crippen LogP contribution in [0.4, 0.5) is 5.82 Å². The van der Waals surface area contributed by atoms with Gasteiger partial charge in [-0.3, -0.25) is 0 Å². The van der Waals surface area contributed by atoms with Crippen LogP contribution >= 0.6 is 24.8 Å². The van der Waals surface area contributed by atoms with Gasteiger partial charge in [0, 0.05) is 32.5 Å². The molecule has 0 fully saturated rings. The molecule has 2 atom stereocenters. The Morgan fingerprint density at radius 2 is 2.04 bits per heavy atom. The Bertz CT molecular complexity index is 749. The van der Waals surface area contributed by atoms with Crippen molar-refractivity contribution in [2.24, 2.45) is 0 Å². The molecule has 1 heterocycles. The fourth-order valence-corrected chi connectivity index (χ4v) is 1.78. The molecule has 0 saturated carbocycles. The minimum atomic E-state index is -2.97. The fraction of sp³-hybridized carbons (Fsp3) is 0.353. The van der Waals surface area contributed by atoms with Crippen LogP contribution in [0.3, 0.4) is 0 Å². The van der Waals surface area contributed by atoms with Crippen LogP contribution in [-0.4, -0.2) is 22.7 Å². The summed E-state index contributed by atoms with van der Waals surface area (Å²) in [5.41, 5.74) is 6.46. The van der Waals surface area contributed by atoms with E-state index in [1.54, 1.807) is 30.3 Å². The number of aryl methyl sites for hydroxylation is 1. The number of aromatic nitrogens is 1. The summed E-state index contributed by atoms with van der Waals surface area (Å²) in [6.07, 6.45) is -2.51. The van der Waals surface area contributed by atoms with Crippen LogP contribution in [0.25, 0.3) is 0 Å². The summed E-state index contributed by atoms with van der Waals surface area (Å²) in [6, 6.07) is 8.96. The van der Waals surface area contributed by atoms with Crippen LogP contribution in [0.1, 0.15) is 38.7 Å². The number of benzene rings is 1. The summed E-state index contributed by atoms with van der Waals surface area (Å²) in [4.78, 5) is 3.86. The average molecular weight is 364 g/mol. The third-order valence-electron chi connectivity index (χ3n) is 2.98. The molecule has 2 aromatic rings. The number of halogens is 2. The monoisotopic (exact) mass is 363 g/mol. The summed E-state index contributed by atoms with van der Waals surface area (Å²) in [5, 5.41) is 12.7. The first-order valence-electron chi connectivity index (χ1n) is 9.65. The molecule has 1 aromatic heterocycles. The molecule has 0 amide bonds. The number of nitrogen functional groups attached to an aromatic ring is 1. The molecule has 128 valence electrons. The Morgan fingerprint density at radius 1 is 1.30 bits per heavy atom. The Kier molecular flexibility index (Phi) is 6.36. The number of pyridine rings is 1. The van der Waals surface area contributed by atoms with Crippen LogP contribution in [-0.2, 0) is 6.42 Å². The lowest BCUT2D eigenvalue weighted by atomic mass is 10.1. The number of nitrogens with two attached hydrogens (primary N) is 1. The van der Waals surface area contributed by atoms with Gasteiger partial charge in [0.25, 0.3) is 0 Å². The van der Waals surface area contributed by atoms with E-state index in [4.69, 9.17) is 14.0 Å². The third-order valence-corrected chi connectivity index (χ3v) is 2.98. The van der Waals surface area contributed by atoms with Crippen molar-refractivity contribution in [2.75, 3.05) is 12.3 Å². The highest BCUT2D eigenvalue weighted by molar-refractivity contribution is 5.85. The fourth-order valence-electron chi connectivity index (χ4n) is 1.78. The van der Waals surface area contributed by atoms with Crippen LogP contribution in [0.15, 0.2) is 48.7 Å². The molecule has 0 aliphatic rings. The second-order valence-corrected chi connectivity index (χ2v) is 4.63. The third kappa shape index (κ3) is 7.66. The van der Waals surface area contributed by atoms with Crippen molar-refractivity contribution in [2.45, 2.75) is 31.8 Å². The van der Waals surface area contributed by atoms with Gasteiger partial charge in [-0.15, -0.1) is 24.8 Å². The summed E-state index contributed by atoms with van der Waals surface area (Å²) in [5.74, 6) is 0.274. The van der Waals surface area contributed by atoms with Crippen LogP contribution < -0.4 is 11.1 Å². The van der Waals surface area contributed by atoms with E-state index in [0.717, 1.165) is 0 Å². The molecule has 4 N–H and O–H groups in total. The van der Waals surface area contributed by atoms with Crippen LogP contribution in [0.5, 0.6) is 0 Å². The number of nitrogens with zero attached hydrogens (tertiary/aromatic N) is 1. The molecule has 0 spiro atoms. The molecular formula is C17H25Cl2N3O. The summed E-state index contributed by atoms with van der Waals surface area (Å²) in [6.45, 7) is -3.30. The Hall–Kier alpha value is -1.33. The Morgan fingerprint density at radius 3 is 2.65 bits per heavy atom. The van der Waals surface area contributed by atoms with Crippen molar-refractivity contribution in [3.63, 3.8) is 0 Å². The normalized spacial score (nSPS) is 19.0. The van der Waals surface area contributed by atoms with Crippen molar-refractivity contribution in [1.29, 1.82) is 0 Å². The maximum atomic E-state index is 10.3. The van der Waals surface area contributed by atoms with E-state index in [0.29, 0.717) is 11.1 Å². The highest BCUT2D eigenvalue weighted by Gasteiger charge is 2.10. The maximum absolute atomic E-state index is 10.3. The molecule has 0 bridgehead atoms. The lowest BCUT2D eigenvalue weighted by molar-refractivity contribution is 0.169. The van der Waals surface area contributed by atoms with Crippen molar-refractivity contribution >= 4 is 30.6 Å². The molecular weight excluding hydrogens is 333 g/mol. The van der Waals surface area contributed by atoms with Crippen molar-refractivity contribution in [1.82, 2.24) is 10.3 Å². The largest absolute Gasteiger partial charge is 0.387 e. The van der Waals surface area contributed by atoms with E-state index in [2.05, 4.69) is 10.3 Å². The van der Waals surface area contributed by atoms with Gasteiger partial charge in [-0.1, -0.05) is 36.4 Å². The van der Waals surface area contributed by atoms with E-state index in [1.807, 2.05) is 0 Å². The molecule has 2 unspecified atom stereocenters. The number of nitrogens with one attached hydrogen (secondary N) is 1. The van der Waals surface area contributed by atoms with Gasteiger partial charge < -0.3 is 16.2 Å².